The van der Waals surface area contributed by atoms with Gasteiger partial charge in [-0.3, -0.25) is 4.79 Å². The van der Waals surface area contributed by atoms with Crippen LogP contribution in [0.3, 0.4) is 0 Å². The maximum atomic E-state index is 11.9. The van der Waals surface area contributed by atoms with Crippen molar-refractivity contribution in [2.24, 2.45) is 5.41 Å². The molecule has 2 aliphatic heterocycles. The fraction of sp³-hybridized carbons (Fsp3) is 0.643. The van der Waals surface area contributed by atoms with Crippen LogP contribution in [0, 0.1) is 5.41 Å². The SMILES string of the molecule is CC(C)(C)C(=O)NCC1=C2CCCN2C(Cl)=CC1. The highest BCUT2D eigenvalue weighted by molar-refractivity contribution is 6.29. The third-order valence-electron chi connectivity index (χ3n) is 3.45. The Hall–Kier alpha value is -0.960. The number of halogens is 1. The molecule has 0 aromatic rings. The molecular weight excluding hydrogens is 248 g/mol. The maximum absolute atomic E-state index is 11.9. The standard InChI is InChI=1S/C14H21ClN2O/c1-14(2,3)13(18)16-9-10-6-7-12(15)17-8-4-5-11(10)17/h7H,4-6,8-9H2,1-3H3,(H,16,18). The summed E-state index contributed by atoms with van der Waals surface area (Å²) in [5.41, 5.74) is 2.29. The fourth-order valence-electron chi connectivity index (χ4n) is 2.34. The number of hydrogen-bond acceptors (Lipinski definition) is 2. The van der Waals surface area contributed by atoms with E-state index in [1.165, 1.54) is 11.3 Å². The average Bonchev–Trinajstić information content (AvgIpc) is 2.76. The molecule has 0 aromatic carbocycles. The van der Waals surface area contributed by atoms with E-state index in [0.717, 1.165) is 31.0 Å². The van der Waals surface area contributed by atoms with Crippen molar-refractivity contribution in [2.45, 2.75) is 40.0 Å². The Kier molecular flexibility index (Phi) is 3.71. The smallest absolute Gasteiger partial charge is 0.225 e. The predicted molar refractivity (Wildman–Crippen MR) is 74.0 cm³/mol. The predicted octanol–water partition coefficient (Wildman–Crippen LogP) is 2.98. The van der Waals surface area contributed by atoms with E-state index in [1.807, 2.05) is 26.8 Å². The number of nitrogens with zero attached hydrogens (tertiary/aromatic N) is 1. The molecule has 3 nitrogen and oxygen atoms in total. The first-order chi connectivity index (χ1) is 8.39. The molecule has 1 amide bonds. The Morgan fingerprint density at radius 2 is 2.22 bits per heavy atom. The van der Waals surface area contributed by atoms with Gasteiger partial charge in [0.15, 0.2) is 0 Å². The Labute approximate surface area is 114 Å². The zero-order chi connectivity index (χ0) is 13.3. The number of carbonyl (C=O) groups is 1. The van der Waals surface area contributed by atoms with Crippen molar-refractivity contribution in [3.8, 4) is 0 Å². The summed E-state index contributed by atoms with van der Waals surface area (Å²) in [5.74, 6) is 0.0980. The van der Waals surface area contributed by atoms with Gasteiger partial charge in [-0.25, -0.2) is 0 Å². The normalized spacial score (nSPS) is 19.8. The highest BCUT2D eigenvalue weighted by Gasteiger charge is 2.27. The molecule has 0 atom stereocenters. The van der Waals surface area contributed by atoms with Crippen molar-refractivity contribution >= 4 is 17.5 Å². The van der Waals surface area contributed by atoms with E-state index < -0.39 is 0 Å². The van der Waals surface area contributed by atoms with Crippen molar-refractivity contribution in [2.75, 3.05) is 13.1 Å². The van der Waals surface area contributed by atoms with E-state index in [1.54, 1.807) is 0 Å². The number of fused-ring (bicyclic) bond motifs is 1. The van der Waals surface area contributed by atoms with Crippen LogP contribution in [-0.4, -0.2) is 23.9 Å². The van der Waals surface area contributed by atoms with Gasteiger partial charge < -0.3 is 10.2 Å². The van der Waals surface area contributed by atoms with Gasteiger partial charge in [0.05, 0.1) is 0 Å². The van der Waals surface area contributed by atoms with E-state index in [2.05, 4.69) is 10.2 Å². The molecule has 0 unspecified atom stereocenters. The van der Waals surface area contributed by atoms with Crippen LogP contribution in [0.2, 0.25) is 0 Å². The van der Waals surface area contributed by atoms with Crippen molar-refractivity contribution in [3.05, 3.63) is 22.5 Å². The molecule has 1 fully saturated rings. The van der Waals surface area contributed by atoms with Crippen LogP contribution in [0.4, 0.5) is 0 Å². The van der Waals surface area contributed by atoms with Crippen LogP contribution in [0.25, 0.3) is 0 Å². The van der Waals surface area contributed by atoms with Gasteiger partial charge in [0.25, 0.3) is 0 Å². The molecule has 0 spiro atoms. The minimum atomic E-state index is -0.331. The molecule has 2 heterocycles. The van der Waals surface area contributed by atoms with Gasteiger partial charge >= 0.3 is 0 Å². The van der Waals surface area contributed by atoms with Crippen molar-refractivity contribution in [1.29, 1.82) is 0 Å². The molecule has 0 aromatic heterocycles. The van der Waals surface area contributed by atoms with Gasteiger partial charge in [0.1, 0.15) is 5.16 Å². The Morgan fingerprint density at radius 3 is 2.89 bits per heavy atom. The van der Waals surface area contributed by atoms with Gasteiger partial charge in [-0.1, -0.05) is 32.4 Å². The van der Waals surface area contributed by atoms with E-state index in [9.17, 15) is 4.79 Å². The van der Waals surface area contributed by atoms with Crippen molar-refractivity contribution in [3.63, 3.8) is 0 Å². The van der Waals surface area contributed by atoms with E-state index >= 15 is 0 Å². The molecule has 1 N–H and O–H groups in total. The summed E-state index contributed by atoms with van der Waals surface area (Å²) in [4.78, 5) is 14.0. The summed E-state index contributed by atoms with van der Waals surface area (Å²) in [7, 11) is 0. The third-order valence-corrected chi connectivity index (χ3v) is 3.81. The fourth-order valence-corrected chi connectivity index (χ4v) is 2.60. The van der Waals surface area contributed by atoms with Crippen LogP contribution in [0.1, 0.15) is 40.0 Å². The molecule has 1 saturated heterocycles. The molecule has 0 aliphatic carbocycles. The van der Waals surface area contributed by atoms with E-state index in [-0.39, 0.29) is 11.3 Å². The number of carbonyl (C=O) groups excluding carboxylic acids is 1. The highest BCUT2D eigenvalue weighted by Crippen LogP contribution is 2.35. The van der Waals surface area contributed by atoms with Gasteiger partial charge in [-0.15, -0.1) is 0 Å². The first-order valence-electron chi connectivity index (χ1n) is 6.52. The summed E-state index contributed by atoms with van der Waals surface area (Å²) in [6.45, 7) is 7.43. The molecular formula is C14H21ClN2O. The summed E-state index contributed by atoms with van der Waals surface area (Å²) in [6, 6.07) is 0. The zero-order valence-electron chi connectivity index (χ0n) is 11.3. The lowest BCUT2D eigenvalue weighted by Crippen LogP contribution is -2.36. The second-order valence-corrected chi connectivity index (χ2v) is 6.36. The Balaban J connectivity index is 2.02. The van der Waals surface area contributed by atoms with Crippen LogP contribution >= 0.6 is 11.6 Å². The number of rotatable bonds is 2. The number of allylic oxidation sites excluding steroid dienone is 2. The second kappa shape index (κ2) is 4.96. The first kappa shape index (κ1) is 13.5. The molecule has 0 saturated carbocycles. The van der Waals surface area contributed by atoms with Crippen LogP contribution < -0.4 is 5.32 Å². The van der Waals surface area contributed by atoms with Gasteiger partial charge in [-0.2, -0.15) is 0 Å². The lowest BCUT2D eigenvalue weighted by atomic mass is 9.95. The van der Waals surface area contributed by atoms with Gasteiger partial charge in [0, 0.05) is 24.2 Å². The summed E-state index contributed by atoms with van der Waals surface area (Å²) in [5, 5.41) is 3.87. The summed E-state index contributed by atoms with van der Waals surface area (Å²) < 4.78 is 0. The molecule has 0 bridgehead atoms. The summed E-state index contributed by atoms with van der Waals surface area (Å²) in [6.07, 6.45) is 5.12. The molecule has 100 valence electrons. The number of amides is 1. The highest BCUT2D eigenvalue weighted by atomic mass is 35.5. The monoisotopic (exact) mass is 268 g/mol. The Bertz CT molecular complexity index is 418. The zero-order valence-corrected chi connectivity index (χ0v) is 12.1. The van der Waals surface area contributed by atoms with Crippen LogP contribution in [0.5, 0.6) is 0 Å². The number of nitrogens with one attached hydrogen (secondary N) is 1. The molecule has 18 heavy (non-hydrogen) atoms. The number of hydrogen-bond donors (Lipinski definition) is 1. The molecule has 2 aliphatic rings. The van der Waals surface area contributed by atoms with E-state index in [4.69, 9.17) is 11.6 Å². The minimum absolute atomic E-state index is 0.0980. The second-order valence-electron chi connectivity index (χ2n) is 5.97. The Morgan fingerprint density at radius 1 is 1.50 bits per heavy atom. The van der Waals surface area contributed by atoms with Crippen LogP contribution in [-0.2, 0) is 4.79 Å². The summed E-state index contributed by atoms with van der Waals surface area (Å²) >= 11 is 6.18. The largest absolute Gasteiger partial charge is 0.352 e. The molecule has 4 heteroatoms. The average molecular weight is 269 g/mol. The third kappa shape index (κ3) is 2.72. The first-order valence-corrected chi connectivity index (χ1v) is 6.90. The van der Waals surface area contributed by atoms with Crippen LogP contribution in [0.15, 0.2) is 22.5 Å². The lowest BCUT2D eigenvalue weighted by molar-refractivity contribution is -0.128. The quantitative estimate of drug-likeness (QED) is 0.781. The van der Waals surface area contributed by atoms with Gasteiger partial charge in [0.2, 0.25) is 5.91 Å². The van der Waals surface area contributed by atoms with E-state index in [0.29, 0.717) is 6.54 Å². The minimum Gasteiger partial charge on any atom is -0.352 e. The lowest BCUT2D eigenvalue weighted by Gasteiger charge is -2.27. The van der Waals surface area contributed by atoms with Gasteiger partial charge in [-0.05, 0) is 30.9 Å². The molecule has 0 radical (unpaired) electrons. The van der Waals surface area contributed by atoms with Crippen molar-refractivity contribution in [1.82, 2.24) is 10.2 Å². The maximum Gasteiger partial charge on any atom is 0.225 e. The van der Waals surface area contributed by atoms with Crippen molar-refractivity contribution < 1.29 is 4.79 Å². The molecule has 2 rings (SSSR count). The topological polar surface area (TPSA) is 32.3 Å².